The molecule has 3 unspecified atom stereocenters. The standard InChI is InChI=1S/C22H34N2O4/c1-5-6-12-18(24-20(27)28-17-10-8-7-9-11-17)22(4)14-16(23-19(25)26)13-21(2,3)15-22/h7-11,16,18,23H,5-6,12-15H2,1-4H3,(H,24,27)(H,25,26). The molecule has 0 radical (unpaired) electrons. The number of benzene rings is 1. The second kappa shape index (κ2) is 9.30. The van der Waals surface area contributed by atoms with Gasteiger partial charge in [-0.25, -0.2) is 9.59 Å². The van der Waals surface area contributed by atoms with Crippen LogP contribution in [0.1, 0.15) is 66.2 Å². The normalized spacial score (nSPS) is 24.8. The van der Waals surface area contributed by atoms with Crippen LogP contribution in [0.3, 0.4) is 0 Å². The van der Waals surface area contributed by atoms with Gasteiger partial charge >= 0.3 is 12.2 Å². The highest BCUT2D eigenvalue weighted by molar-refractivity contribution is 5.70. The molecule has 0 heterocycles. The third-order valence-corrected chi connectivity index (χ3v) is 5.66. The lowest BCUT2D eigenvalue weighted by Crippen LogP contribution is -2.55. The number of hydrogen-bond donors (Lipinski definition) is 3. The first-order chi connectivity index (χ1) is 13.1. The molecule has 1 fully saturated rings. The number of carbonyl (C=O) groups excluding carboxylic acids is 1. The number of unbranched alkanes of at least 4 members (excludes halogenated alkanes) is 1. The second-order valence-electron chi connectivity index (χ2n) is 9.09. The fourth-order valence-electron chi connectivity index (χ4n) is 4.85. The second-order valence-corrected chi connectivity index (χ2v) is 9.09. The Hall–Kier alpha value is -2.24. The maximum atomic E-state index is 12.5. The van der Waals surface area contributed by atoms with Crippen LogP contribution >= 0.6 is 0 Å². The summed E-state index contributed by atoms with van der Waals surface area (Å²) in [5.41, 5.74) is -0.241. The van der Waals surface area contributed by atoms with E-state index in [9.17, 15) is 14.7 Å². The zero-order valence-corrected chi connectivity index (χ0v) is 17.5. The molecule has 156 valence electrons. The van der Waals surface area contributed by atoms with Gasteiger partial charge in [0, 0.05) is 12.1 Å². The molecule has 3 N–H and O–H groups in total. The molecule has 1 aromatic rings. The van der Waals surface area contributed by atoms with Crippen molar-refractivity contribution < 1.29 is 19.4 Å². The maximum absolute atomic E-state index is 12.5. The molecule has 1 aliphatic rings. The average Bonchev–Trinajstić information content (AvgIpc) is 2.56. The molecular weight excluding hydrogens is 356 g/mol. The van der Waals surface area contributed by atoms with E-state index in [0.717, 1.165) is 32.1 Å². The summed E-state index contributed by atoms with van der Waals surface area (Å²) in [7, 11) is 0. The van der Waals surface area contributed by atoms with Crippen LogP contribution in [-0.4, -0.2) is 29.4 Å². The van der Waals surface area contributed by atoms with Crippen molar-refractivity contribution in [2.24, 2.45) is 10.8 Å². The van der Waals surface area contributed by atoms with Crippen molar-refractivity contribution in [2.45, 2.75) is 78.3 Å². The van der Waals surface area contributed by atoms with E-state index in [1.165, 1.54) is 0 Å². The molecule has 0 aliphatic heterocycles. The summed E-state index contributed by atoms with van der Waals surface area (Å²) >= 11 is 0. The van der Waals surface area contributed by atoms with Gasteiger partial charge in [-0.1, -0.05) is 58.7 Å². The van der Waals surface area contributed by atoms with Crippen molar-refractivity contribution in [2.75, 3.05) is 0 Å². The zero-order valence-electron chi connectivity index (χ0n) is 17.5. The maximum Gasteiger partial charge on any atom is 0.412 e. The van der Waals surface area contributed by atoms with Crippen molar-refractivity contribution in [3.63, 3.8) is 0 Å². The van der Waals surface area contributed by atoms with Crippen molar-refractivity contribution in [1.82, 2.24) is 10.6 Å². The topological polar surface area (TPSA) is 87.7 Å². The lowest BCUT2D eigenvalue weighted by atomic mass is 9.59. The van der Waals surface area contributed by atoms with Crippen LogP contribution in [0, 0.1) is 10.8 Å². The largest absolute Gasteiger partial charge is 0.465 e. The van der Waals surface area contributed by atoms with Crippen molar-refractivity contribution in [1.29, 1.82) is 0 Å². The van der Waals surface area contributed by atoms with Gasteiger partial charge in [0.1, 0.15) is 5.75 Å². The molecular formula is C22H34N2O4. The highest BCUT2D eigenvalue weighted by Crippen LogP contribution is 2.48. The number of nitrogens with one attached hydrogen (secondary N) is 2. The summed E-state index contributed by atoms with van der Waals surface area (Å²) < 4.78 is 5.44. The third kappa shape index (κ3) is 6.43. The molecule has 0 spiro atoms. The summed E-state index contributed by atoms with van der Waals surface area (Å²) in [6.45, 7) is 8.62. The molecule has 28 heavy (non-hydrogen) atoms. The van der Waals surface area contributed by atoms with Crippen LogP contribution in [0.2, 0.25) is 0 Å². The molecule has 2 rings (SSSR count). The molecule has 1 aliphatic carbocycles. The summed E-state index contributed by atoms with van der Waals surface area (Å²) in [5, 5.41) is 15.0. The Morgan fingerprint density at radius 1 is 1.21 bits per heavy atom. The van der Waals surface area contributed by atoms with E-state index in [0.29, 0.717) is 12.2 Å². The summed E-state index contributed by atoms with van der Waals surface area (Å²) in [6.07, 6.45) is 3.81. The highest BCUT2D eigenvalue weighted by Gasteiger charge is 2.46. The van der Waals surface area contributed by atoms with Gasteiger partial charge < -0.3 is 20.5 Å². The van der Waals surface area contributed by atoms with Crippen LogP contribution in [0.15, 0.2) is 30.3 Å². The van der Waals surface area contributed by atoms with Gasteiger partial charge in [-0.15, -0.1) is 0 Å². The fraction of sp³-hybridized carbons (Fsp3) is 0.636. The van der Waals surface area contributed by atoms with E-state index in [2.05, 4.69) is 38.3 Å². The van der Waals surface area contributed by atoms with Crippen LogP contribution < -0.4 is 15.4 Å². The fourth-order valence-corrected chi connectivity index (χ4v) is 4.85. The Kier molecular flexibility index (Phi) is 7.33. The first-order valence-electron chi connectivity index (χ1n) is 10.2. The Balaban J connectivity index is 2.16. The molecule has 0 aromatic heterocycles. The monoisotopic (exact) mass is 390 g/mol. The number of rotatable bonds is 7. The average molecular weight is 391 g/mol. The number of hydrogen-bond acceptors (Lipinski definition) is 3. The third-order valence-electron chi connectivity index (χ3n) is 5.66. The van der Waals surface area contributed by atoms with Gasteiger partial charge in [-0.05, 0) is 48.6 Å². The molecule has 6 heteroatoms. The predicted molar refractivity (Wildman–Crippen MR) is 110 cm³/mol. The van der Waals surface area contributed by atoms with Gasteiger partial charge in [0.2, 0.25) is 0 Å². The minimum Gasteiger partial charge on any atom is -0.465 e. The van der Waals surface area contributed by atoms with Crippen LogP contribution in [0.4, 0.5) is 9.59 Å². The Labute approximate surface area is 168 Å². The Morgan fingerprint density at radius 3 is 2.50 bits per heavy atom. The van der Waals surface area contributed by atoms with Gasteiger partial charge in [0.15, 0.2) is 0 Å². The Bertz CT molecular complexity index is 662. The molecule has 0 saturated heterocycles. The van der Waals surface area contributed by atoms with Crippen molar-refractivity contribution in [3.05, 3.63) is 30.3 Å². The first kappa shape index (κ1) is 22.1. The van der Waals surface area contributed by atoms with Gasteiger partial charge in [0.05, 0.1) is 0 Å². The number of para-hydroxylation sites is 1. The van der Waals surface area contributed by atoms with Crippen molar-refractivity contribution >= 4 is 12.2 Å². The lowest BCUT2D eigenvalue weighted by Gasteiger charge is -2.50. The lowest BCUT2D eigenvalue weighted by molar-refractivity contribution is 0.0363. The van der Waals surface area contributed by atoms with E-state index in [-0.39, 0.29) is 22.9 Å². The predicted octanol–water partition coefficient (Wildman–Crippen LogP) is 5.19. The van der Waals surface area contributed by atoms with E-state index in [4.69, 9.17) is 4.74 Å². The molecule has 1 saturated carbocycles. The zero-order chi connectivity index (χ0) is 20.8. The smallest absolute Gasteiger partial charge is 0.412 e. The first-order valence-corrected chi connectivity index (χ1v) is 10.2. The number of carboxylic acid groups (broad SMARTS) is 1. The molecule has 0 bridgehead atoms. The Morgan fingerprint density at radius 2 is 1.89 bits per heavy atom. The minimum atomic E-state index is -0.994. The van der Waals surface area contributed by atoms with Crippen LogP contribution in [-0.2, 0) is 0 Å². The minimum absolute atomic E-state index is 0.0183. The molecule has 3 atom stereocenters. The van der Waals surface area contributed by atoms with E-state index in [1.54, 1.807) is 12.1 Å². The highest BCUT2D eigenvalue weighted by atomic mass is 16.6. The van der Waals surface area contributed by atoms with Gasteiger partial charge in [-0.2, -0.15) is 0 Å². The summed E-state index contributed by atoms with van der Waals surface area (Å²) in [6, 6.07) is 8.81. The quantitative estimate of drug-likeness (QED) is 0.598. The summed E-state index contributed by atoms with van der Waals surface area (Å²) in [4.78, 5) is 23.8. The molecule has 1 aromatic carbocycles. The van der Waals surface area contributed by atoms with Crippen molar-refractivity contribution in [3.8, 4) is 5.75 Å². The van der Waals surface area contributed by atoms with Gasteiger partial charge in [-0.3, -0.25) is 0 Å². The molecule has 6 nitrogen and oxygen atoms in total. The SMILES string of the molecule is CCCCC(NC(=O)Oc1ccccc1)C1(C)CC(NC(=O)O)CC(C)(C)C1. The number of carbonyl (C=O) groups is 2. The van der Waals surface area contributed by atoms with E-state index >= 15 is 0 Å². The van der Waals surface area contributed by atoms with E-state index in [1.807, 2.05) is 18.2 Å². The molecule has 2 amide bonds. The summed E-state index contributed by atoms with van der Waals surface area (Å²) in [5.74, 6) is 0.508. The van der Waals surface area contributed by atoms with Gasteiger partial charge in [0.25, 0.3) is 0 Å². The van der Waals surface area contributed by atoms with Crippen LogP contribution in [0.25, 0.3) is 0 Å². The van der Waals surface area contributed by atoms with Crippen LogP contribution in [0.5, 0.6) is 5.75 Å². The number of amides is 2. The number of ether oxygens (including phenoxy) is 1. The van der Waals surface area contributed by atoms with E-state index < -0.39 is 12.2 Å².